The van der Waals surface area contributed by atoms with Crippen LogP contribution < -0.4 is 5.32 Å². The first-order chi connectivity index (χ1) is 9.65. The fourth-order valence-corrected chi connectivity index (χ4v) is 2.27. The van der Waals surface area contributed by atoms with Crippen molar-refractivity contribution in [2.75, 3.05) is 13.2 Å². The number of benzene rings is 1. The van der Waals surface area contributed by atoms with Gasteiger partial charge in [-0.2, -0.15) is 0 Å². The van der Waals surface area contributed by atoms with Crippen molar-refractivity contribution in [3.05, 3.63) is 36.1 Å². The summed E-state index contributed by atoms with van der Waals surface area (Å²) in [5.41, 5.74) is 0.620. The summed E-state index contributed by atoms with van der Waals surface area (Å²) in [5.74, 6) is -1.95. The molecule has 0 spiro atoms. The summed E-state index contributed by atoms with van der Waals surface area (Å²) >= 11 is 0. The van der Waals surface area contributed by atoms with Crippen LogP contribution in [0.3, 0.4) is 0 Å². The van der Waals surface area contributed by atoms with Crippen molar-refractivity contribution in [1.82, 2.24) is 5.32 Å². The van der Waals surface area contributed by atoms with Crippen molar-refractivity contribution >= 4 is 22.8 Å². The molecule has 1 aliphatic heterocycles. The summed E-state index contributed by atoms with van der Waals surface area (Å²) in [5, 5.41) is 12.5. The summed E-state index contributed by atoms with van der Waals surface area (Å²) < 4.78 is 10.5. The number of rotatable bonds is 3. The Labute approximate surface area is 114 Å². The van der Waals surface area contributed by atoms with Gasteiger partial charge in [0.1, 0.15) is 11.5 Å². The van der Waals surface area contributed by atoms with Gasteiger partial charge in [-0.1, -0.05) is 18.2 Å². The number of carbonyl (C=O) groups excluding carboxylic acids is 1. The van der Waals surface area contributed by atoms with Crippen LogP contribution in [0.4, 0.5) is 0 Å². The molecule has 1 aromatic heterocycles. The molecule has 6 nitrogen and oxygen atoms in total. The molecule has 2 N–H and O–H groups in total. The van der Waals surface area contributed by atoms with Crippen LogP contribution in [-0.4, -0.2) is 36.2 Å². The minimum absolute atomic E-state index is 0.112. The zero-order valence-corrected chi connectivity index (χ0v) is 10.5. The third-order valence-corrected chi connectivity index (χ3v) is 3.36. The maximum absolute atomic E-state index is 12.1. The van der Waals surface area contributed by atoms with Gasteiger partial charge in [-0.15, -0.1) is 0 Å². The molecule has 104 valence electrons. The summed E-state index contributed by atoms with van der Waals surface area (Å²) in [4.78, 5) is 23.1. The van der Waals surface area contributed by atoms with Gasteiger partial charge in [-0.25, -0.2) is 0 Å². The summed E-state index contributed by atoms with van der Waals surface area (Å²) in [6.45, 7) is 0.309. The lowest BCUT2D eigenvalue weighted by molar-refractivity contribution is -0.142. The normalized spacial score (nSPS) is 22.0. The largest absolute Gasteiger partial charge is 0.481 e. The van der Waals surface area contributed by atoms with E-state index in [-0.39, 0.29) is 19.0 Å². The SMILES string of the molecule is O=C(NC1COCC1C(=O)O)c1cc2ccccc2o1. The molecule has 1 aliphatic rings. The Balaban J connectivity index is 1.77. The fourth-order valence-electron chi connectivity index (χ4n) is 2.27. The molecule has 0 bridgehead atoms. The average Bonchev–Trinajstić information content (AvgIpc) is 3.03. The Kier molecular flexibility index (Phi) is 3.15. The Morgan fingerprint density at radius 1 is 1.25 bits per heavy atom. The second-order valence-electron chi connectivity index (χ2n) is 4.71. The molecular formula is C14H13NO5. The van der Waals surface area contributed by atoms with E-state index in [0.717, 1.165) is 5.39 Å². The summed E-state index contributed by atoms with van der Waals surface area (Å²) in [7, 11) is 0. The quantitative estimate of drug-likeness (QED) is 0.880. The molecule has 1 saturated heterocycles. The number of hydrogen-bond donors (Lipinski definition) is 2. The first-order valence-electron chi connectivity index (χ1n) is 6.25. The molecular weight excluding hydrogens is 262 g/mol. The highest BCUT2D eigenvalue weighted by atomic mass is 16.5. The molecule has 1 amide bonds. The van der Waals surface area contributed by atoms with E-state index < -0.39 is 23.8 Å². The van der Waals surface area contributed by atoms with Crippen LogP contribution >= 0.6 is 0 Å². The summed E-state index contributed by atoms with van der Waals surface area (Å²) in [6, 6.07) is 8.38. The zero-order chi connectivity index (χ0) is 14.1. The number of hydrogen-bond acceptors (Lipinski definition) is 4. The molecule has 3 rings (SSSR count). The second kappa shape index (κ2) is 4.97. The highest BCUT2D eigenvalue weighted by molar-refractivity contribution is 5.96. The van der Waals surface area contributed by atoms with Crippen LogP contribution in [0.25, 0.3) is 11.0 Å². The van der Waals surface area contributed by atoms with Gasteiger partial charge in [0.2, 0.25) is 0 Å². The molecule has 0 radical (unpaired) electrons. The van der Waals surface area contributed by atoms with E-state index in [0.29, 0.717) is 5.58 Å². The smallest absolute Gasteiger partial charge is 0.311 e. The first kappa shape index (κ1) is 12.7. The van der Waals surface area contributed by atoms with Crippen molar-refractivity contribution in [2.24, 2.45) is 5.92 Å². The van der Waals surface area contributed by atoms with Gasteiger partial charge in [-0.05, 0) is 12.1 Å². The highest BCUT2D eigenvalue weighted by Crippen LogP contribution is 2.20. The molecule has 2 unspecified atom stereocenters. The second-order valence-corrected chi connectivity index (χ2v) is 4.71. The lowest BCUT2D eigenvalue weighted by Gasteiger charge is -2.14. The molecule has 20 heavy (non-hydrogen) atoms. The number of carboxylic acids is 1. The van der Waals surface area contributed by atoms with Crippen LogP contribution in [-0.2, 0) is 9.53 Å². The van der Waals surface area contributed by atoms with Crippen LogP contribution in [0.15, 0.2) is 34.7 Å². The van der Waals surface area contributed by atoms with Gasteiger partial charge in [0.25, 0.3) is 5.91 Å². The number of amides is 1. The average molecular weight is 275 g/mol. The molecule has 6 heteroatoms. The van der Waals surface area contributed by atoms with E-state index in [2.05, 4.69) is 5.32 Å². The van der Waals surface area contributed by atoms with Gasteiger partial charge in [0.05, 0.1) is 19.3 Å². The van der Waals surface area contributed by atoms with E-state index >= 15 is 0 Å². The Morgan fingerprint density at radius 2 is 2.05 bits per heavy atom. The van der Waals surface area contributed by atoms with Crippen LogP contribution in [0.1, 0.15) is 10.6 Å². The van der Waals surface area contributed by atoms with Gasteiger partial charge in [0.15, 0.2) is 5.76 Å². The fraction of sp³-hybridized carbons (Fsp3) is 0.286. The van der Waals surface area contributed by atoms with Crippen molar-refractivity contribution in [3.8, 4) is 0 Å². The molecule has 2 atom stereocenters. The third kappa shape index (κ3) is 2.25. The highest BCUT2D eigenvalue weighted by Gasteiger charge is 2.35. The van der Waals surface area contributed by atoms with Gasteiger partial charge in [-0.3, -0.25) is 9.59 Å². The minimum atomic E-state index is -0.975. The number of fused-ring (bicyclic) bond motifs is 1. The van der Waals surface area contributed by atoms with Crippen molar-refractivity contribution in [2.45, 2.75) is 6.04 Å². The number of ether oxygens (including phenoxy) is 1. The number of carboxylic acid groups (broad SMARTS) is 1. The topological polar surface area (TPSA) is 88.8 Å². The van der Waals surface area contributed by atoms with Crippen molar-refractivity contribution < 1.29 is 23.8 Å². The molecule has 0 aliphatic carbocycles. The van der Waals surface area contributed by atoms with Gasteiger partial charge < -0.3 is 19.6 Å². The van der Waals surface area contributed by atoms with Crippen LogP contribution in [0.2, 0.25) is 0 Å². The molecule has 2 aromatic rings. The standard InChI is InChI=1S/C14H13NO5/c16-13(15-10-7-19-6-9(10)14(17)18)12-5-8-3-1-2-4-11(8)20-12/h1-5,9-10H,6-7H2,(H,15,16)(H,17,18). The molecule has 2 heterocycles. The maximum atomic E-state index is 12.1. The van der Waals surface area contributed by atoms with Crippen LogP contribution in [0.5, 0.6) is 0 Å². The number of para-hydroxylation sites is 1. The predicted molar refractivity (Wildman–Crippen MR) is 69.4 cm³/mol. The summed E-state index contributed by atoms with van der Waals surface area (Å²) in [6.07, 6.45) is 0. The van der Waals surface area contributed by atoms with E-state index in [4.69, 9.17) is 14.3 Å². The van der Waals surface area contributed by atoms with Gasteiger partial charge in [0, 0.05) is 5.39 Å². The minimum Gasteiger partial charge on any atom is -0.481 e. The third-order valence-electron chi connectivity index (χ3n) is 3.36. The number of carbonyl (C=O) groups is 2. The lowest BCUT2D eigenvalue weighted by Crippen LogP contribution is -2.42. The lowest BCUT2D eigenvalue weighted by atomic mass is 10.0. The number of aliphatic carboxylic acids is 1. The van der Waals surface area contributed by atoms with Gasteiger partial charge >= 0.3 is 5.97 Å². The Hall–Kier alpha value is -2.34. The van der Waals surface area contributed by atoms with E-state index in [1.165, 1.54) is 0 Å². The molecule has 1 aromatic carbocycles. The van der Waals surface area contributed by atoms with Crippen molar-refractivity contribution in [3.63, 3.8) is 0 Å². The number of furan rings is 1. The van der Waals surface area contributed by atoms with Crippen LogP contribution in [0, 0.1) is 5.92 Å². The van der Waals surface area contributed by atoms with E-state index in [9.17, 15) is 9.59 Å². The maximum Gasteiger partial charge on any atom is 0.311 e. The zero-order valence-electron chi connectivity index (χ0n) is 10.5. The Bertz CT molecular complexity index is 629. The van der Waals surface area contributed by atoms with E-state index in [1.54, 1.807) is 12.1 Å². The predicted octanol–water partition coefficient (Wildman–Crippen LogP) is 1.26. The molecule has 0 saturated carbocycles. The Morgan fingerprint density at radius 3 is 2.80 bits per heavy atom. The number of nitrogens with one attached hydrogen (secondary N) is 1. The van der Waals surface area contributed by atoms with Crippen molar-refractivity contribution in [1.29, 1.82) is 0 Å². The van der Waals surface area contributed by atoms with E-state index in [1.807, 2.05) is 18.2 Å². The first-order valence-corrected chi connectivity index (χ1v) is 6.25. The monoisotopic (exact) mass is 275 g/mol. The molecule has 1 fully saturated rings.